The predicted octanol–water partition coefficient (Wildman–Crippen LogP) is 3.26. The molecule has 2 N–H and O–H groups in total. The molecule has 3 nitrogen and oxygen atoms in total. The Hall–Kier alpha value is -0.570. The first-order valence-corrected chi connectivity index (χ1v) is 8.30. The largest absolute Gasteiger partial charge is 0.462 e. The average Bonchev–Trinajstić information content (AvgIpc) is 2.72. The van der Waals surface area contributed by atoms with E-state index in [1.54, 1.807) is 0 Å². The molecule has 0 saturated heterocycles. The van der Waals surface area contributed by atoms with Gasteiger partial charge in [0, 0.05) is 11.5 Å². The first kappa shape index (κ1) is 14.4. The van der Waals surface area contributed by atoms with Crippen molar-refractivity contribution in [1.29, 1.82) is 0 Å². The van der Waals surface area contributed by atoms with Gasteiger partial charge in [0.05, 0.1) is 5.92 Å². The van der Waals surface area contributed by atoms with Crippen LogP contribution in [0.2, 0.25) is 0 Å². The van der Waals surface area contributed by atoms with Gasteiger partial charge in [0.1, 0.15) is 6.10 Å². The van der Waals surface area contributed by atoms with Crippen LogP contribution < -0.4 is 5.73 Å². The van der Waals surface area contributed by atoms with Crippen LogP contribution in [0.25, 0.3) is 0 Å². The lowest BCUT2D eigenvalue weighted by Gasteiger charge is -2.39. The van der Waals surface area contributed by atoms with Gasteiger partial charge >= 0.3 is 5.97 Å². The molecule has 3 saturated carbocycles. The molecule has 2 unspecified atom stereocenters. The molecular weight excluding hydrogens is 250 g/mol. The zero-order chi connectivity index (χ0) is 14.5. The fourth-order valence-corrected chi connectivity index (χ4v) is 4.90. The maximum atomic E-state index is 12.4. The topological polar surface area (TPSA) is 52.3 Å². The standard InChI is InChI=1S/C17H29NO2/c1-16(2)12-8-9-17(16,3)14(10-12)20-15(19)11-4-6-13(18)7-5-11/h11-14H,4-10,18H2,1-3H3/t11?,12?,13?,14-,17?/m1/s1. The molecule has 3 rings (SSSR count). The summed E-state index contributed by atoms with van der Waals surface area (Å²) in [4.78, 5) is 12.4. The molecule has 3 heteroatoms. The summed E-state index contributed by atoms with van der Waals surface area (Å²) in [5, 5.41) is 0. The van der Waals surface area contributed by atoms with Crippen LogP contribution in [-0.4, -0.2) is 18.1 Å². The van der Waals surface area contributed by atoms with E-state index in [9.17, 15) is 4.79 Å². The smallest absolute Gasteiger partial charge is 0.309 e. The van der Waals surface area contributed by atoms with E-state index in [0.717, 1.165) is 38.0 Å². The Labute approximate surface area is 122 Å². The summed E-state index contributed by atoms with van der Waals surface area (Å²) < 4.78 is 5.98. The van der Waals surface area contributed by atoms with Gasteiger partial charge in [-0.05, 0) is 56.3 Å². The molecule has 0 amide bonds. The van der Waals surface area contributed by atoms with Crippen molar-refractivity contribution in [2.45, 2.75) is 77.9 Å². The minimum Gasteiger partial charge on any atom is -0.462 e. The number of hydrogen-bond donors (Lipinski definition) is 1. The van der Waals surface area contributed by atoms with Crippen LogP contribution in [0.15, 0.2) is 0 Å². The van der Waals surface area contributed by atoms with E-state index in [1.807, 2.05) is 0 Å². The predicted molar refractivity (Wildman–Crippen MR) is 79.0 cm³/mol. The molecule has 0 aromatic rings. The lowest BCUT2D eigenvalue weighted by molar-refractivity contribution is -0.163. The number of rotatable bonds is 2. The second kappa shape index (κ2) is 4.72. The summed E-state index contributed by atoms with van der Waals surface area (Å²) >= 11 is 0. The van der Waals surface area contributed by atoms with Gasteiger partial charge in [0.15, 0.2) is 0 Å². The Morgan fingerprint density at radius 2 is 1.75 bits per heavy atom. The molecule has 0 heterocycles. The first-order chi connectivity index (χ1) is 9.34. The van der Waals surface area contributed by atoms with Crippen LogP contribution >= 0.6 is 0 Å². The fraction of sp³-hybridized carbons (Fsp3) is 0.941. The second-order valence-corrected chi connectivity index (χ2v) is 8.15. The number of carbonyl (C=O) groups is 1. The van der Waals surface area contributed by atoms with Gasteiger partial charge in [0.2, 0.25) is 0 Å². The minimum atomic E-state index is 0.0477. The molecule has 0 spiro atoms. The molecular formula is C17H29NO2. The van der Waals surface area contributed by atoms with Crippen molar-refractivity contribution in [3.8, 4) is 0 Å². The highest BCUT2D eigenvalue weighted by molar-refractivity contribution is 5.72. The van der Waals surface area contributed by atoms with Crippen molar-refractivity contribution in [2.24, 2.45) is 28.4 Å². The lowest BCUT2D eigenvalue weighted by atomic mass is 9.70. The van der Waals surface area contributed by atoms with Crippen molar-refractivity contribution in [1.82, 2.24) is 0 Å². The number of nitrogens with two attached hydrogens (primary N) is 1. The van der Waals surface area contributed by atoms with Gasteiger partial charge < -0.3 is 10.5 Å². The molecule has 3 aliphatic carbocycles. The van der Waals surface area contributed by atoms with Gasteiger partial charge in [-0.2, -0.15) is 0 Å². The molecule has 3 fully saturated rings. The number of fused-ring (bicyclic) bond motifs is 2. The Bertz CT molecular complexity index is 398. The lowest BCUT2D eigenvalue weighted by Crippen LogP contribution is -2.40. The summed E-state index contributed by atoms with van der Waals surface area (Å²) in [6.07, 6.45) is 7.48. The van der Waals surface area contributed by atoms with E-state index < -0.39 is 0 Å². The van der Waals surface area contributed by atoms with Crippen LogP contribution in [0.3, 0.4) is 0 Å². The van der Waals surface area contributed by atoms with Crippen LogP contribution in [0, 0.1) is 22.7 Å². The zero-order valence-corrected chi connectivity index (χ0v) is 13.2. The Kier molecular flexibility index (Phi) is 3.39. The van der Waals surface area contributed by atoms with Gasteiger partial charge in [-0.25, -0.2) is 0 Å². The molecule has 20 heavy (non-hydrogen) atoms. The van der Waals surface area contributed by atoms with Crippen molar-refractivity contribution < 1.29 is 9.53 Å². The number of ether oxygens (including phenoxy) is 1. The van der Waals surface area contributed by atoms with Gasteiger partial charge in [-0.1, -0.05) is 20.8 Å². The first-order valence-electron chi connectivity index (χ1n) is 8.30. The molecule has 0 aromatic carbocycles. The number of esters is 1. The summed E-state index contributed by atoms with van der Waals surface area (Å²) in [6, 6.07) is 0.290. The Morgan fingerprint density at radius 3 is 2.25 bits per heavy atom. The Morgan fingerprint density at radius 1 is 1.10 bits per heavy atom. The second-order valence-electron chi connectivity index (χ2n) is 8.15. The molecule has 3 aliphatic rings. The SMILES string of the molecule is CC1(C)C2CCC1(C)[C@H](OC(=O)C1CCC(N)CC1)C2. The third-order valence-corrected chi connectivity index (χ3v) is 7.08. The summed E-state index contributed by atoms with van der Waals surface area (Å²) in [5.74, 6) is 0.872. The van der Waals surface area contributed by atoms with Crippen molar-refractivity contribution in [2.75, 3.05) is 0 Å². The van der Waals surface area contributed by atoms with E-state index in [2.05, 4.69) is 20.8 Å². The van der Waals surface area contributed by atoms with Crippen LogP contribution in [0.4, 0.5) is 0 Å². The normalized spacial score (nSPS) is 46.4. The van der Waals surface area contributed by atoms with Crippen molar-refractivity contribution in [3.05, 3.63) is 0 Å². The highest BCUT2D eigenvalue weighted by Crippen LogP contribution is 2.66. The summed E-state index contributed by atoms with van der Waals surface area (Å²) in [5.41, 5.74) is 6.41. The fourth-order valence-electron chi connectivity index (χ4n) is 4.90. The number of hydrogen-bond acceptors (Lipinski definition) is 3. The third-order valence-electron chi connectivity index (χ3n) is 7.08. The van der Waals surface area contributed by atoms with E-state index >= 15 is 0 Å². The van der Waals surface area contributed by atoms with Crippen LogP contribution in [0.1, 0.15) is 65.7 Å². The van der Waals surface area contributed by atoms with E-state index in [-0.39, 0.29) is 29.4 Å². The molecule has 3 atom stereocenters. The van der Waals surface area contributed by atoms with Crippen molar-refractivity contribution in [3.63, 3.8) is 0 Å². The average molecular weight is 279 g/mol. The Balaban J connectivity index is 1.63. The van der Waals surface area contributed by atoms with E-state index in [4.69, 9.17) is 10.5 Å². The zero-order valence-electron chi connectivity index (χ0n) is 13.2. The van der Waals surface area contributed by atoms with Crippen LogP contribution in [-0.2, 0) is 9.53 Å². The maximum absolute atomic E-state index is 12.4. The monoisotopic (exact) mass is 279 g/mol. The molecule has 0 aromatic heterocycles. The highest BCUT2D eigenvalue weighted by atomic mass is 16.5. The van der Waals surface area contributed by atoms with Gasteiger partial charge in [-0.3, -0.25) is 4.79 Å². The highest BCUT2D eigenvalue weighted by Gasteiger charge is 2.63. The van der Waals surface area contributed by atoms with Gasteiger partial charge in [-0.15, -0.1) is 0 Å². The van der Waals surface area contributed by atoms with Crippen molar-refractivity contribution >= 4 is 5.97 Å². The minimum absolute atomic E-state index is 0.0477. The quantitative estimate of drug-likeness (QED) is 0.789. The maximum Gasteiger partial charge on any atom is 0.309 e. The van der Waals surface area contributed by atoms with E-state index in [0.29, 0.717) is 5.41 Å². The molecule has 0 aliphatic heterocycles. The van der Waals surface area contributed by atoms with Gasteiger partial charge in [0.25, 0.3) is 0 Å². The molecule has 2 bridgehead atoms. The van der Waals surface area contributed by atoms with Crippen LogP contribution in [0.5, 0.6) is 0 Å². The number of carbonyl (C=O) groups excluding carboxylic acids is 1. The molecule has 0 radical (unpaired) electrons. The molecule has 114 valence electrons. The third kappa shape index (κ3) is 2.01. The van der Waals surface area contributed by atoms with E-state index in [1.165, 1.54) is 12.8 Å². The summed E-state index contributed by atoms with van der Waals surface area (Å²) in [6.45, 7) is 7.05. The summed E-state index contributed by atoms with van der Waals surface area (Å²) in [7, 11) is 0.